The van der Waals surface area contributed by atoms with Crippen LogP contribution in [-0.4, -0.2) is 50.5 Å². The van der Waals surface area contributed by atoms with Gasteiger partial charge in [0.25, 0.3) is 0 Å². The zero-order valence-electron chi connectivity index (χ0n) is 17.6. The van der Waals surface area contributed by atoms with E-state index in [2.05, 4.69) is 36.3 Å². The van der Waals surface area contributed by atoms with Gasteiger partial charge >= 0.3 is 0 Å². The lowest BCUT2D eigenvalue weighted by Crippen LogP contribution is -2.33. The predicted octanol–water partition coefficient (Wildman–Crippen LogP) is 2.82. The van der Waals surface area contributed by atoms with Gasteiger partial charge in [0.1, 0.15) is 6.54 Å². The largest absolute Gasteiger partial charge is 0.340 e. The van der Waals surface area contributed by atoms with Crippen LogP contribution in [0, 0.1) is 13.8 Å². The molecule has 3 heterocycles. The molecule has 3 rings (SSSR count). The van der Waals surface area contributed by atoms with Gasteiger partial charge in [-0.05, 0) is 53.1 Å². The summed E-state index contributed by atoms with van der Waals surface area (Å²) in [5.74, 6) is 0.507. The number of halogens is 1. The molecule has 2 aromatic heterocycles. The van der Waals surface area contributed by atoms with Crippen molar-refractivity contribution >= 4 is 18.3 Å². The Kier molecular flexibility index (Phi) is 7.66. The van der Waals surface area contributed by atoms with E-state index >= 15 is 0 Å². The minimum absolute atomic E-state index is 0. The Morgan fingerprint density at radius 3 is 2.75 bits per heavy atom. The van der Waals surface area contributed by atoms with Crippen LogP contribution in [-0.2, 0) is 17.9 Å². The van der Waals surface area contributed by atoms with E-state index in [0.29, 0.717) is 18.5 Å². The molecule has 8 heteroatoms. The summed E-state index contributed by atoms with van der Waals surface area (Å²) in [5.41, 5.74) is 4.42. The maximum atomic E-state index is 12.8. The number of hydrogen-bond acceptors (Lipinski definition) is 4. The molecule has 1 N–H and O–H groups in total. The molecule has 1 aliphatic heterocycles. The van der Waals surface area contributed by atoms with Gasteiger partial charge in [-0.3, -0.25) is 14.2 Å². The van der Waals surface area contributed by atoms with Crippen molar-refractivity contribution in [1.82, 2.24) is 29.8 Å². The number of hydrogen-bond donors (Lipinski definition) is 1. The molecule has 0 saturated carbocycles. The van der Waals surface area contributed by atoms with E-state index in [1.54, 1.807) is 11.1 Å². The molecule has 156 valence electrons. The number of carbonyl (C=O) groups is 1. The number of likely N-dealkylation sites (N-methyl/N-ethyl adjacent to an activating group) is 1. The van der Waals surface area contributed by atoms with E-state index in [-0.39, 0.29) is 24.9 Å². The van der Waals surface area contributed by atoms with Crippen LogP contribution < -0.4 is 5.32 Å². The summed E-state index contributed by atoms with van der Waals surface area (Å²) in [6.45, 7) is 11.2. The van der Waals surface area contributed by atoms with Crippen LogP contribution in [0.3, 0.4) is 0 Å². The number of aryl methyl sites for hydroxylation is 1. The number of aromatic nitrogens is 4. The Balaban J connectivity index is 0.00000280. The fraction of sp³-hybridized carbons (Fsp3) is 0.650. The molecule has 0 bridgehead atoms. The van der Waals surface area contributed by atoms with Gasteiger partial charge in [0.2, 0.25) is 5.91 Å². The Hall–Kier alpha value is -1.86. The van der Waals surface area contributed by atoms with Crippen LogP contribution in [0.2, 0.25) is 0 Å². The molecule has 7 nitrogen and oxygen atoms in total. The van der Waals surface area contributed by atoms with Crippen molar-refractivity contribution in [3.05, 3.63) is 34.9 Å². The van der Waals surface area contributed by atoms with Gasteiger partial charge in [-0.2, -0.15) is 10.2 Å². The van der Waals surface area contributed by atoms with Crippen molar-refractivity contribution < 1.29 is 4.79 Å². The highest BCUT2D eigenvalue weighted by molar-refractivity contribution is 5.85. The molecule has 1 amide bonds. The lowest BCUT2D eigenvalue weighted by atomic mass is 9.96. The smallest absolute Gasteiger partial charge is 0.244 e. The summed E-state index contributed by atoms with van der Waals surface area (Å²) < 4.78 is 3.90. The molecule has 0 radical (unpaired) electrons. The fourth-order valence-electron chi connectivity index (χ4n) is 3.93. The molecule has 0 aliphatic carbocycles. The van der Waals surface area contributed by atoms with Crippen molar-refractivity contribution in [2.24, 2.45) is 0 Å². The zero-order chi connectivity index (χ0) is 19.6. The average molecular weight is 409 g/mol. The molecular formula is C20H33ClN6O. The summed E-state index contributed by atoms with van der Waals surface area (Å²) in [5, 5.41) is 12.5. The third-order valence-corrected chi connectivity index (χ3v) is 5.53. The summed E-state index contributed by atoms with van der Waals surface area (Å²) in [7, 11) is 1.86. The van der Waals surface area contributed by atoms with E-state index in [0.717, 1.165) is 42.2 Å². The van der Waals surface area contributed by atoms with Crippen molar-refractivity contribution in [2.75, 3.05) is 20.1 Å². The molecule has 2 aromatic rings. The maximum Gasteiger partial charge on any atom is 0.244 e. The minimum atomic E-state index is 0. The SMILES string of the molecule is Cc1nn(C(C)C)c(C)c1CN(C)C(=O)Cn1nccc1C1CCCNC1.Cl. The lowest BCUT2D eigenvalue weighted by Gasteiger charge is -2.24. The van der Waals surface area contributed by atoms with E-state index in [9.17, 15) is 4.79 Å². The minimum Gasteiger partial charge on any atom is -0.340 e. The Morgan fingerprint density at radius 1 is 1.39 bits per heavy atom. The maximum absolute atomic E-state index is 12.8. The third kappa shape index (κ3) is 4.75. The summed E-state index contributed by atoms with van der Waals surface area (Å²) in [6, 6.07) is 2.36. The van der Waals surface area contributed by atoms with Gasteiger partial charge in [0.05, 0.1) is 5.69 Å². The van der Waals surface area contributed by atoms with Crippen LogP contribution in [0.4, 0.5) is 0 Å². The van der Waals surface area contributed by atoms with Crippen molar-refractivity contribution in [1.29, 1.82) is 0 Å². The van der Waals surface area contributed by atoms with E-state index < -0.39 is 0 Å². The first-order chi connectivity index (χ1) is 12.9. The highest BCUT2D eigenvalue weighted by Gasteiger charge is 2.22. The first-order valence-electron chi connectivity index (χ1n) is 9.89. The van der Waals surface area contributed by atoms with Crippen LogP contribution in [0.5, 0.6) is 0 Å². The fourth-order valence-corrected chi connectivity index (χ4v) is 3.93. The molecule has 1 aliphatic rings. The molecule has 0 spiro atoms. The van der Waals surface area contributed by atoms with Crippen LogP contribution in [0.25, 0.3) is 0 Å². The molecular weight excluding hydrogens is 376 g/mol. The first kappa shape index (κ1) is 22.4. The van der Waals surface area contributed by atoms with Crippen molar-refractivity contribution in [3.8, 4) is 0 Å². The second-order valence-corrected chi connectivity index (χ2v) is 7.89. The number of piperidine rings is 1. The predicted molar refractivity (Wildman–Crippen MR) is 113 cm³/mol. The molecule has 1 unspecified atom stereocenters. The van der Waals surface area contributed by atoms with Crippen molar-refractivity contribution in [3.63, 3.8) is 0 Å². The molecule has 0 aromatic carbocycles. The highest BCUT2D eigenvalue weighted by Crippen LogP contribution is 2.23. The number of rotatable bonds is 6. The van der Waals surface area contributed by atoms with E-state index in [1.807, 2.05) is 29.4 Å². The molecule has 1 fully saturated rings. The first-order valence-corrected chi connectivity index (χ1v) is 9.89. The average Bonchev–Trinajstić information content (AvgIpc) is 3.22. The quantitative estimate of drug-likeness (QED) is 0.798. The monoisotopic (exact) mass is 408 g/mol. The number of nitrogens with zero attached hydrogens (tertiary/aromatic N) is 5. The Labute approximate surface area is 173 Å². The third-order valence-electron chi connectivity index (χ3n) is 5.53. The molecule has 28 heavy (non-hydrogen) atoms. The van der Waals surface area contributed by atoms with E-state index in [1.165, 1.54) is 6.42 Å². The van der Waals surface area contributed by atoms with Crippen LogP contribution in [0.1, 0.15) is 61.3 Å². The number of amides is 1. The van der Waals surface area contributed by atoms with Gasteiger partial charge in [-0.25, -0.2) is 0 Å². The Bertz CT molecular complexity index is 791. The zero-order valence-corrected chi connectivity index (χ0v) is 18.4. The normalized spacial score (nSPS) is 16.9. The van der Waals surface area contributed by atoms with Gasteiger partial charge < -0.3 is 10.2 Å². The Morgan fingerprint density at radius 2 is 2.14 bits per heavy atom. The highest BCUT2D eigenvalue weighted by atomic mass is 35.5. The second-order valence-electron chi connectivity index (χ2n) is 7.89. The summed E-state index contributed by atoms with van der Waals surface area (Å²) >= 11 is 0. The van der Waals surface area contributed by atoms with Crippen LogP contribution in [0.15, 0.2) is 12.3 Å². The second kappa shape index (κ2) is 9.56. The van der Waals surface area contributed by atoms with Gasteiger partial charge in [0.15, 0.2) is 0 Å². The summed E-state index contributed by atoms with van der Waals surface area (Å²) in [4.78, 5) is 14.6. The number of nitrogens with one attached hydrogen (secondary N) is 1. The number of carbonyl (C=O) groups excluding carboxylic acids is 1. The van der Waals surface area contributed by atoms with Crippen molar-refractivity contribution in [2.45, 2.75) is 65.6 Å². The molecule has 1 saturated heterocycles. The topological polar surface area (TPSA) is 68.0 Å². The lowest BCUT2D eigenvalue weighted by molar-refractivity contribution is -0.131. The van der Waals surface area contributed by atoms with Gasteiger partial charge in [-0.15, -0.1) is 12.4 Å². The van der Waals surface area contributed by atoms with Gasteiger partial charge in [0, 0.05) is 55.2 Å². The van der Waals surface area contributed by atoms with Gasteiger partial charge in [-0.1, -0.05) is 0 Å². The van der Waals surface area contributed by atoms with E-state index in [4.69, 9.17) is 0 Å². The molecule has 1 atom stereocenters. The van der Waals surface area contributed by atoms with Crippen LogP contribution >= 0.6 is 12.4 Å². The standard InChI is InChI=1S/C20H32N6O.ClH/c1-14(2)26-16(4)18(15(3)23-26)12-24(5)20(27)13-25-19(8-10-22-25)17-7-6-9-21-11-17;/h8,10,14,17,21H,6-7,9,11-13H2,1-5H3;1H. The summed E-state index contributed by atoms with van der Waals surface area (Å²) in [6.07, 6.45) is 4.12.